The number of piperidine rings is 1. The summed E-state index contributed by atoms with van der Waals surface area (Å²) in [6.45, 7) is 13.9. The van der Waals surface area contributed by atoms with E-state index in [0.29, 0.717) is 25.8 Å². The molecule has 3 rings (SSSR count). The molecule has 5 atom stereocenters. The number of hydrogen-bond donors (Lipinski definition) is 0. The summed E-state index contributed by atoms with van der Waals surface area (Å²) in [6.07, 6.45) is 13.2. The predicted molar refractivity (Wildman–Crippen MR) is 179 cm³/mol. The summed E-state index contributed by atoms with van der Waals surface area (Å²) in [6, 6.07) is -0.744. The van der Waals surface area contributed by atoms with Gasteiger partial charge in [0.15, 0.2) is 11.6 Å². The van der Waals surface area contributed by atoms with Crippen molar-refractivity contribution in [3.63, 3.8) is 0 Å². The van der Waals surface area contributed by atoms with Crippen molar-refractivity contribution in [2.24, 2.45) is 39.9 Å². The third kappa shape index (κ3) is 9.05. The number of Topliss-reactive ketones (excluding diaryl/α,β-unsaturated/α-hetero) is 4. The first kappa shape index (κ1) is 37.9. The molecular weight excluding hydrogens is 602 g/mol. The summed E-state index contributed by atoms with van der Waals surface area (Å²) in [7, 11) is -3.30. The Kier molecular flexibility index (Phi) is 12.1. The highest BCUT2D eigenvalue weighted by atomic mass is 32.2. The number of hydrogen-bond acceptors (Lipinski definition) is 7. The molecule has 8 nitrogen and oxygen atoms in total. The van der Waals surface area contributed by atoms with Crippen LogP contribution in [-0.4, -0.2) is 67.0 Å². The number of carbonyl (C=O) groups is 5. The fraction of sp³-hybridized carbons (Fsp3) is 0.757. The Labute approximate surface area is 276 Å². The largest absolute Gasteiger partial charge is 0.332 e. The van der Waals surface area contributed by atoms with Crippen LogP contribution in [-0.2, 0) is 33.8 Å². The quantitative estimate of drug-likeness (QED) is 0.114. The normalized spacial score (nSPS) is 24.6. The first-order valence-electron chi connectivity index (χ1n) is 16.9. The SMILES string of the molecule is C#CCCC(CC(=O)[C@@H]1[C@@H]2C(CN1C(=O)[C@@H](CC(=O)CC1(CS(C)(=O)=O)CCCCC1)C(C)(C)C)C2(C)C)C(=O)C(=O)CCC=C. The molecule has 46 heavy (non-hydrogen) atoms. The number of terminal acetylenes is 1. The number of amides is 1. The average Bonchev–Trinajstić information content (AvgIpc) is 3.26. The maximum Gasteiger partial charge on any atom is 0.227 e. The molecule has 1 amide bonds. The van der Waals surface area contributed by atoms with Crippen LogP contribution in [0.25, 0.3) is 0 Å². The molecule has 0 N–H and O–H groups in total. The number of ketones is 4. The van der Waals surface area contributed by atoms with Crippen LogP contribution < -0.4 is 0 Å². The van der Waals surface area contributed by atoms with E-state index in [1.165, 1.54) is 6.26 Å². The fourth-order valence-corrected chi connectivity index (χ4v) is 9.83. The van der Waals surface area contributed by atoms with Gasteiger partial charge in [-0.25, -0.2) is 8.42 Å². The Bertz CT molecular complexity index is 1360. The molecule has 0 aromatic rings. The molecule has 0 radical (unpaired) electrons. The number of likely N-dealkylation sites (tertiary alicyclic amines) is 1. The zero-order valence-electron chi connectivity index (χ0n) is 28.9. The molecule has 1 saturated heterocycles. The van der Waals surface area contributed by atoms with E-state index in [1.807, 2.05) is 20.8 Å². The topological polar surface area (TPSA) is 123 Å². The van der Waals surface area contributed by atoms with Gasteiger partial charge in [-0.3, -0.25) is 24.0 Å². The second kappa shape index (κ2) is 14.7. The Morgan fingerprint density at radius 3 is 2.24 bits per heavy atom. The number of sulfone groups is 1. The maximum absolute atomic E-state index is 14.4. The van der Waals surface area contributed by atoms with Crippen LogP contribution in [0, 0.1) is 52.3 Å². The summed E-state index contributed by atoms with van der Waals surface area (Å²) in [5.74, 6) is -0.781. The monoisotopic (exact) mass is 657 g/mol. The molecule has 0 bridgehead atoms. The lowest BCUT2D eigenvalue weighted by molar-refractivity contribution is -0.148. The predicted octanol–water partition coefficient (Wildman–Crippen LogP) is 5.57. The fourth-order valence-electron chi connectivity index (χ4n) is 8.33. The van der Waals surface area contributed by atoms with Crippen molar-refractivity contribution in [1.82, 2.24) is 4.90 Å². The lowest BCUT2D eigenvalue weighted by Gasteiger charge is -2.39. The first-order valence-corrected chi connectivity index (χ1v) is 19.0. The highest BCUT2D eigenvalue weighted by molar-refractivity contribution is 7.90. The molecule has 9 heteroatoms. The van der Waals surface area contributed by atoms with E-state index < -0.39 is 50.1 Å². The standard InChI is InChI=1S/C37H55NO7S/c1-9-11-16-25(33(42)29(40)17-12-10-2)20-30(41)32-31-28(36(31,6)7)23-38(32)34(43)27(35(3,4)5)21-26(39)22-37(24-46(8,44)45)18-14-13-15-19-37/h1,10,25,27-28,31-32H,2,11-24H2,3-8H3/t25?,27-,28?,31+,32-/m1/s1. The zero-order chi connectivity index (χ0) is 34.7. The van der Waals surface area contributed by atoms with Crippen LogP contribution in [0.4, 0.5) is 0 Å². The maximum atomic E-state index is 14.4. The van der Waals surface area contributed by atoms with Crippen LogP contribution in [0.5, 0.6) is 0 Å². The van der Waals surface area contributed by atoms with Crippen molar-refractivity contribution in [2.75, 3.05) is 18.6 Å². The van der Waals surface area contributed by atoms with E-state index in [9.17, 15) is 32.4 Å². The van der Waals surface area contributed by atoms with Crippen molar-refractivity contribution >= 4 is 38.9 Å². The van der Waals surface area contributed by atoms with E-state index in [-0.39, 0.29) is 79.0 Å². The second-order valence-electron chi connectivity index (χ2n) is 16.1. The molecule has 1 heterocycles. The van der Waals surface area contributed by atoms with E-state index in [2.05, 4.69) is 26.3 Å². The van der Waals surface area contributed by atoms with Gasteiger partial charge in [-0.1, -0.05) is 60.0 Å². The Hall–Kier alpha value is -2.60. The summed E-state index contributed by atoms with van der Waals surface area (Å²) >= 11 is 0. The number of allylic oxidation sites excluding steroid dienone is 1. The minimum Gasteiger partial charge on any atom is -0.332 e. The van der Waals surface area contributed by atoms with Crippen LogP contribution >= 0.6 is 0 Å². The van der Waals surface area contributed by atoms with Crippen LogP contribution in [0.1, 0.15) is 112 Å². The lowest BCUT2D eigenvalue weighted by Crippen LogP contribution is -2.51. The van der Waals surface area contributed by atoms with Gasteiger partial charge in [0.2, 0.25) is 11.7 Å². The van der Waals surface area contributed by atoms with Gasteiger partial charge in [-0.15, -0.1) is 18.9 Å². The van der Waals surface area contributed by atoms with Crippen molar-refractivity contribution < 1.29 is 32.4 Å². The van der Waals surface area contributed by atoms with E-state index in [4.69, 9.17) is 6.42 Å². The summed E-state index contributed by atoms with van der Waals surface area (Å²) in [5, 5.41) is 0. The van der Waals surface area contributed by atoms with Crippen molar-refractivity contribution in [1.29, 1.82) is 0 Å². The van der Waals surface area contributed by atoms with E-state index in [0.717, 1.165) is 19.3 Å². The van der Waals surface area contributed by atoms with E-state index in [1.54, 1.807) is 11.0 Å². The minimum atomic E-state index is -3.30. The third-order valence-corrected chi connectivity index (χ3v) is 12.1. The van der Waals surface area contributed by atoms with Gasteiger partial charge in [-0.2, -0.15) is 0 Å². The van der Waals surface area contributed by atoms with Gasteiger partial charge in [-0.05, 0) is 53.8 Å². The van der Waals surface area contributed by atoms with Gasteiger partial charge in [0.1, 0.15) is 15.6 Å². The molecule has 2 saturated carbocycles. The summed E-state index contributed by atoms with van der Waals surface area (Å²) in [5.41, 5.74) is -1.35. The molecule has 2 unspecified atom stereocenters. The van der Waals surface area contributed by atoms with Crippen molar-refractivity contribution in [2.45, 2.75) is 118 Å². The van der Waals surface area contributed by atoms with E-state index >= 15 is 0 Å². The smallest absolute Gasteiger partial charge is 0.227 e. The molecule has 256 valence electrons. The summed E-state index contributed by atoms with van der Waals surface area (Å²) in [4.78, 5) is 69.6. The Balaban J connectivity index is 1.85. The van der Waals surface area contributed by atoms with Gasteiger partial charge in [0, 0.05) is 56.7 Å². The number of fused-ring (bicyclic) bond motifs is 1. The molecular formula is C37H55NO7S. The summed E-state index contributed by atoms with van der Waals surface area (Å²) < 4.78 is 24.7. The third-order valence-electron chi connectivity index (χ3n) is 11.0. The average molecular weight is 658 g/mol. The Morgan fingerprint density at radius 2 is 1.70 bits per heavy atom. The van der Waals surface area contributed by atoms with Gasteiger partial charge in [0.05, 0.1) is 11.8 Å². The highest BCUT2D eigenvalue weighted by Gasteiger charge is 2.69. The lowest BCUT2D eigenvalue weighted by atomic mass is 9.70. The van der Waals surface area contributed by atoms with Gasteiger partial charge < -0.3 is 4.90 Å². The molecule has 0 aromatic carbocycles. The van der Waals surface area contributed by atoms with Crippen LogP contribution in [0.2, 0.25) is 0 Å². The minimum absolute atomic E-state index is 0.0228. The number of carbonyl (C=O) groups excluding carboxylic acids is 5. The number of rotatable bonds is 17. The number of nitrogens with zero attached hydrogens (tertiary/aromatic N) is 1. The Morgan fingerprint density at radius 1 is 1.07 bits per heavy atom. The second-order valence-corrected chi connectivity index (χ2v) is 18.2. The van der Waals surface area contributed by atoms with Crippen LogP contribution in [0.15, 0.2) is 12.7 Å². The highest BCUT2D eigenvalue weighted by Crippen LogP contribution is 2.65. The molecule has 1 aliphatic heterocycles. The van der Waals surface area contributed by atoms with Crippen LogP contribution in [0.3, 0.4) is 0 Å². The molecule has 3 fully saturated rings. The zero-order valence-corrected chi connectivity index (χ0v) is 29.7. The van der Waals surface area contributed by atoms with Gasteiger partial charge in [0.25, 0.3) is 0 Å². The first-order chi connectivity index (χ1) is 21.3. The van der Waals surface area contributed by atoms with Gasteiger partial charge >= 0.3 is 0 Å². The molecule has 3 aliphatic rings. The van der Waals surface area contributed by atoms with Crippen molar-refractivity contribution in [3.8, 4) is 12.3 Å². The van der Waals surface area contributed by atoms with Crippen molar-refractivity contribution in [3.05, 3.63) is 12.7 Å². The molecule has 2 aliphatic carbocycles. The molecule has 0 spiro atoms. The molecule has 0 aromatic heterocycles.